The van der Waals surface area contributed by atoms with E-state index in [-0.39, 0.29) is 35.3 Å². The van der Waals surface area contributed by atoms with Crippen LogP contribution in [-0.4, -0.2) is 30.3 Å². The molecule has 1 fully saturated rings. The predicted molar refractivity (Wildman–Crippen MR) is 118 cm³/mol. The van der Waals surface area contributed by atoms with Crippen LogP contribution in [0.15, 0.2) is 66.7 Å². The third kappa shape index (κ3) is 4.32. The molecule has 0 unspecified atom stereocenters. The fraction of sp³-hybridized carbons (Fsp3) is 0.280. The maximum Gasteiger partial charge on any atom is 0.338 e. The SMILES string of the molecule is C[C@@H](NC(=O)COC(=O)c1ccc(N2C(=O)[C@H]3CC=CC[C@H]3C2=O)cc1)c1ccccc1. The van der Waals surface area contributed by atoms with Crippen molar-refractivity contribution in [3.05, 3.63) is 77.9 Å². The van der Waals surface area contributed by atoms with Gasteiger partial charge in [0.2, 0.25) is 11.8 Å². The molecule has 1 saturated heterocycles. The molecule has 7 heteroatoms. The van der Waals surface area contributed by atoms with Crippen LogP contribution in [0.4, 0.5) is 5.69 Å². The number of fused-ring (bicyclic) bond motifs is 1. The number of allylic oxidation sites excluding steroid dienone is 2. The molecule has 1 heterocycles. The number of benzene rings is 2. The molecular formula is C25H24N2O5. The van der Waals surface area contributed by atoms with E-state index in [2.05, 4.69) is 5.32 Å². The van der Waals surface area contributed by atoms with Gasteiger partial charge in [0, 0.05) is 0 Å². The van der Waals surface area contributed by atoms with Crippen LogP contribution >= 0.6 is 0 Å². The molecule has 0 saturated carbocycles. The van der Waals surface area contributed by atoms with E-state index in [1.165, 1.54) is 17.0 Å². The molecule has 0 spiro atoms. The summed E-state index contributed by atoms with van der Waals surface area (Å²) in [7, 11) is 0. The largest absolute Gasteiger partial charge is 0.452 e. The van der Waals surface area contributed by atoms with E-state index in [0.717, 1.165) is 5.56 Å². The van der Waals surface area contributed by atoms with Gasteiger partial charge in [0.15, 0.2) is 6.61 Å². The lowest BCUT2D eigenvalue weighted by atomic mass is 9.85. The minimum absolute atomic E-state index is 0.205. The quantitative estimate of drug-likeness (QED) is 0.430. The van der Waals surface area contributed by atoms with E-state index >= 15 is 0 Å². The molecule has 3 amide bonds. The molecule has 7 nitrogen and oxygen atoms in total. The van der Waals surface area contributed by atoms with E-state index in [1.807, 2.05) is 49.4 Å². The molecule has 0 radical (unpaired) electrons. The zero-order valence-electron chi connectivity index (χ0n) is 17.7. The first kappa shape index (κ1) is 21.5. The van der Waals surface area contributed by atoms with Crippen LogP contribution in [-0.2, 0) is 19.1 Å². The summed E-state index contributed by atoms with van der Waals surface area (Å²) in [6.07, 6.45) is 5.01. The Kier molecular flexibility index (Phi) is 6.16. The average Bonchev–Trinajstić information content (AvgIpc) is 3.08. The Balaban J connectivity index is 1.33. The first-order valence-electron chi connectivity index (χ1n) is 10.6. The van der Waals surface area contributed by atoms with Crippen molar-refractivity contribution >= 4 is 29.4 Å². The number of rotatable bonds is 6. The molecular weight excluding hydrogens is 408 g/mol. The number of hydrogen-bond acceptors (Lipinski definition) is 5. The minimum Gasteiger partial charge on any atom is -0.452 e. The molecule has 164 valence electrons. The molecule has 32 heavy (non-hydrogen) atoms. The first-order chi connectivity index (χ1) is 15.5. The van der Waals surface area contributed by atoms with E-state index in [0.29, 0.717) is 18.5 Å². The molecule has 4 rings (SSSR count). The summed E-state index contributed by atoms with van der Waals surface area (Å²) < 4.78 is 5.10. The third-order valence-electron chi connectivity index (χ3n) is 5.88. The van der Waals surface area contributed by atoms with E-state index in [1.54, 1.807) is 12.1 Å². The van der Waals surface area contributed by atoms with Gasteiger partial charge in [-0.05, 0) is 49.6 Å². The van der Waals surface area contributed by atoms with E-state index < -0.39 is 18.5 Å². The van der Waals surface area contributed by atoms with Crippen molar-refractivity contribution < 1.29 is 23.9 Å². The zero-order valence-corrected chi connectivity index (χ0v) is 17.7. The van der Waals surface area contributed by atoms with Crippen molar-refractivity contribution in [3.63, 3.8) is 0 Å². The third-order valence-corrected chi connectivity index (χ3v) is 5.88. The van der Waals surface area contributed by atoms with Crippen LogP contribution < -0.4 is 10.2 Å². The van der Waals surface area contributed by atoms with Crippen LogP contribution in [0, 0.1) is 11.8 Å². The number of carbonyl (C=O) groups is 4. The Labute approximate surface area is 186 Å². The number of nitrogens with zero attached hydrogens (tertiary/aromatic N) is 1. The van der Waals surface area contributed by atoms with E-state index in [4.69, 9.17) is 4.74 Å². The van der Waals surface area contributed by atoms with Gasteiger partial charge < -0.3 is 10.1 Å². The highest BCUT2D eigenvalue weighted by Gasteiger charge is 2.47. The highest BCUT2D eigenvalue weighted by atomic mass is 16.5. The second-order valence-corrected chi connectivity index (χ2v) is 7.99. The van der Waals surface area contributed by atoms with Gasteiger partial charge in [0.05, 0.1) is 29.1 Å². The number of anilines is 1. The number of ether oxygens (including phenoxy) is 1. The van der Waals surface area contributed by atoms with Gasteiger partial charge in [0.1, 0.15) is 0 Å². The molecule has 2 aromatic rings. The number of nitrogens with one attached hydrogen (secondary N) is 1. The lowest BCUT2D eigenvalue weighted by molar-refractivity contribution is -0.125. The zero-order chi connectivity index (χ0) is 22.7. The lowest BCUT2D eigenvalue weighted by Gasteiger charge is -2.15. The van der Waals surface area contributed by atoms with Gasteiger partial charge in [-0.3, -0.25) is 19.3 Å². The summed E-state index contributed by atoms with van der Waals surface area (Å²) in [6, 6.07) is 15.3. The van der Waals surface area contributed by atoms with Gasteiger partial charge in [-0.2, -0.15) is 0 Å². The summed E-state index contributed by atoms with van der Waals surface area (Å²) in [5, 5.41) is 2.78. The Morgan fingerprint density at radius 1 is 0.969 bits per heavy atom. The number of esters is 1. The molecule has 0 aromatic heterocycles. The second-order valence-electron chi connectivity index (χ2n) is 7.99. The highest BCUT2D eigenvalue weighted by Crippen LogP contribution is 2.37. The monoisotopic (exact) mass is 432 g/mol. The Morgan fingerprint density at radius 2 is 1.56 bits per heavy atom. The standard InChI is InChI=1S/C25H24N2O5/c1-16(17-7-3-2-4-8-17)26-22(28)15-32-25(31)18-11-13-19(14-12-18)27-23(29)20-9-5-6-10-21(20)24(27)30/h2-8,11-14,16,20-21H,9-10,15H2,1H3,(H,26,28)/t16-,20-,21+/m1/s1. The normalized spacial score (nSPS) is 20.6. The predicted octanol–water partition coefficient (Wildman–Crippen LogP) is 3.18. The van der Waals surface area contributed by atoms with Gasteiger partial charge in [-0.25, -0.2) is 4.79 Å². The van der Waals surface area contributed by atoms with Crippen LogP contribution in [0.25, 0.3) is 0 Å². The summed E-state index contributed by atoms with van der Waals surface area (Å²) in [5.74, 6) is -2.09. The van der Waals surface area contributed by atoms with Crippen molar-refractivity contribution in [2.75, 3.05) is 11.5 Å². The van der Waals surface area contributed by atoms with Gasteiger partial charge >= 0.3 is 5.97 Å². The minimum atomic E-state index is -0.656. The second kappa shape index (κ2) is 9.18. The molecule has 2 aromatic carbocycles. The number of imide groups is 1. The maximum atomic E-state index is 12.7. The fourth-order valence-electron chi connectivity index (χ4n) is 4.12. The number of hydrogen-bond donors (Lipinski definition) is 1. The van der Waals surface area contributed by atoms with Crippen molar-refractivity contribution in [2.45, 2.75) is 25.8 Å². The van der Waals surface area contributed by atoms with Crippen molar-refractivity contribution in [3.8, 4) is 0 Å². The maximum absolute atomic E-state index is 12.7. The lowest BCUT2D eigenvalue weighted by Crippen LogP contribution is -2.31. The van der Waals surface area contributed by atoms with Crippen molar-refractivity contribution in [2.24, 2.45) is 11.8 Å². The van der Waals surface area contributed by atoms with Gasteiger partial charge in [0.25, 0.3) is 5.91 Å². The molecule has 1 aliphatic carbocycles. The van der Waals surface area contributed by atoms with Crippen molar-refractivity contribution in [1.82, 2.24) is 5.32 Å². The van der Waals surface area contributed by atoms with Gasteiger partial charge in [-0.15, -0.1) is 0 Å². The Morgan fingerprint density at radius 3 is 2.16 bits per heavy atom. The van der Waals surface area contributed by atoms with Crippen LogP contribution in [0.5, 0.6) is 0 Å². The smallest absolute Gasteiger partial charge is 0.338 e. The Hall–Kier alpha value is -3.74. The molecule has 0 bridgehead atoms. The molecule has 1 aliphatic heterocycles. The summed E-state index contributed by atoms with van der Waals surface area (Å²) in [4.78, 5) is 51.0. The highest BCUT2D eigenvalue weighted by molar-refractivity contribution is 6.22. The summed E-state index contributed by atoms with van der Waals surface area (Å²) >= 11 is 0. The molecule has 3 atom stereocenters. The number of carbonyl (C=O) groups excluding carboxylic acids is 4. The number of amides is 3. The molecule has 1 N–H and O–H groups in total. The summed E-state index contributed by atoms with van der Waals surface area (Å²) in [5.41, 5.74) is 1.61. The van der Waals surface area contributed by atoms with Crippen LogP contribution in [0.1, 0.15) is 41.7 Å². The fourth-order valence-corrected chi connectivity index (χ4v) is 4.12. The molecule has 2 aliphatic rings. The van der Waals surface area contributed by atoms with Crippen molar-refractivity contribution in [1.29, 1.82) is 0 Å². The topological polar surface area (TPSA) is 92.8 Å². The van der Waals surface area contributed by atoms with Crippen LogP contribution in [0.3, 0.4) is 0 Å². The van der Waals surface area contributed by atoms with Crippen LogP contribution in [0.2, 0.25) is 0 Å². The first-order valence-corrected chi connectivity index (χ1v) is 10.6. The van der Waals surface area contributed by atoms with Gasteiger partial charge in [-0.1, -0.05) is 42.5 Å². The summed E-state index contributed by atoms with van der Waals surface area (Å²) in [6.45, 7) is 1.44. The van der Waals surface area contributed by atoms with E-state index in [9.17, 15) is 19.2 Å². The Bertz CT molecular complexity index is 1040. The average molecular weight is 432 g/mol.